The van der Waals surface area contributed by atoms with Crippen molar-refractivity contribution in [1.82, 2.24) is 14.8 Å². The Hall–Kier alpha value is -1.42. The molecule has 0 aromatic carbocycles. The number of carbonyl (C=O) groups excluding carboxylic acids is 1. The Morgan fingerprint density at radius 1 is 1.22 bits per heavy atom. The van der Waals surface area contributed by atoms with Gasteiger partial charge in [-0.1, -0.05) is 6.42 Å². The summed E-state index contributed by atoms with van der Waals surface area (Å²) in [7, 11) is 0. The van der Waals surface area contributed by atoms with E-state index in [-0.39, 0.29) is 5.91 Å². The molecule has 1 saturated heterocycles. The van der Waals surface area contributed by atoms with Crippen LogP contribution in [-0.4, -0.2) is 52.9 Å². The van der Waals surface area contributed by atoms with Crippen molar-refractivity contribution in [2.45, 2.75) is 25.3 Å². The number of hydrogen-bond donors (Lipinski definition) is 0. The van der Waals surface area contributed by atoms with Gasteiger partial charge in [-0.25, -0.2) is 0 Å². The highest BCUT2D eigenvalue weighted by Crippen LogP contribution is 2.25. The van der Waals surface area contributed by atoms with Crippen LogP contribution in [-0.2, 0) is 0 Å². The lowest BCUT2D eigenvalue weighted by Gasteiger charge is -2.42. The second-order valence-electron chi connectivity index (χ2n) is 5.15. The Kier molecular flexibility index (Phi) is 3.28. The summed E-state index contributed by atoms with van der Waals surface area (Å²) < 4.78 is 0. The number of piperazine rings is 1. The number of rotatable bonds is 2. The van der Waals surface area contributed by atoms with Crippen LogP contribution in [0, 0.1) is 0 Å². The Labute approximate surface area is 108 Å². The molecule has 96 valence electrons. The largest absolute Gasteiger partial charge is 0.336 e. The predicted molar refractivity (Wildman–Crippen MR) is 69.4 cm³/mol. The summed E-state index contributed by atoms with van der Waals surface area (Å²) >= 11 is 0. The van der Waals surface area contributed by atoms with E-state index in [0.717, 1.165) is 32.2 Å². The standard InChI is InChI=1S/C14H19N3O/c18-14(12-3-2-6-15-11-12)17-9-7-16(8-10-17)13-4-1-5-13/h2-3,6,11,13H,1,4-5,7-10H2. The zero-order valence-corrected chi connectivity index (χ0v) is 10.6. The topological polar surface area (TPSA) is 36.4 Å². The van der Waals surface area contributed by atoms with E-state index in [4.69, 9.17) is 0 Å². The van der Waals surface area contributed by atoms with Crippen LogP contribution >= 0.6 is 0 Å². The minimum Gasteiger partial charge on any atom is -0.336 e. The number of amides is 1. The normalized spacial score (nSPS) is 21.7. The molecule has 4 nitrogen and oxygen atoms in total. The van der Waals surface area contributed by atoms with E-state index in [9.17, 15) is 4.79 Å². The van der Waals surface area contributed by atoms with Crippen molar-refractivity contribution in [3.63, 3.8) is 0 Å². The maximum atomic E-state index is 12.2. The van der Waals surface area contributed by atoms with Gasteiger partial charge in [0, 0.05) is 44.6 Å². The lowest BCUT2D eigenvalue weighted by Crippen LogP contribution is -2.53. The summed E-state index contributed by atoms with van der Waals surface area (Å²) in [5, 5.41) is 0. The molecule has 2 heterocycles. The number of carbonyl (C=O) groups is 1. The third-order valence-electron chi connectivity index (χ3n) is 4.10. The molecule has 1 aliphatic heterocycles. The van der Waals surface area contributed by atoms with Crippen LogP contribution in [0.5, 0.6) is 0 Å². The first-order chi connectivity index (χ1) is 8.84. The van der Waals surface area contributed by atoms with E-state index in [2.05, 4.69) is 9.88 Å². The van der Waals surface area contributed by atoms with Crippen molar-refractivity contribution in [3.8, 4) is 0 Å². The molecular formula is C14H19N3O. The fourth-order valence-electron chi connectivity index (χ4n) is 2.71. The zero-order valence-electron chi connectivity index (χ0n) is 10.6. The van der Waals surface area contributed by atoms with Crippen molar-refractivity contribution >= 4 is 5.91 Å². The summed E-state index contributed by atoms with van der Waals surface area (Å²) in [5.74, 6) is 0.122. The minimum absolute atomic E-state index is 0.122. The number of aromatic nitrogens is 1. The van der Waals surface area contributed by atoms with E-state index in [0.29, 0.717) is 5.56 Å². The van der Waals surface area contributed by atoms with Gasteiger partial charge in [0.05, 0.1) is 5.56 Å². The predicted octanol–water partition coefficient (Wildman–Crippen LogP) is 1.39. The highest BCUT2D eigenvalue weighted by Gasteiger charge is 2.29. The third-order valence-corrected chi connectivity index (χ3v) is 4.10. The summed E-state index contributed by atoms with van der Waals surface area (Å²) in [5.41, 5.74) is 0.703. The van der Waals surface area contributed by atoms with E-state index in [1.807, 2.05) is 17.0 Å². The van der Waals surface area contributed by atoms with Crippen LogP contribution < -0.4 is 0 Å². The first-order valence-electron chi connectivity index (χ1n) is 6.78. The van der Waals surface area contributed by atoms with E-state index < -0.39 is 0 Å². The molecule has 0 N–H and O–H groups in total. The highest BCUT2D eigenvalue weighted by molar-refractivity contribution is 5.93. The van der Waals surface area contributed by atoms with Crippen molar-refractivity contribution in [2.24, 2.45) is 0 Å². The highest BCUT2D eigenvalue weighted by atomic mass is 16.2. The number of hydrogen-bond acceptors (Lipinski definition) is 3. The molecule has 18 heavy (non-hydrogen) atoms. The molecule has 1 amide bonds. The van der Waals surface area contributed by atoms with Gasteiger partial charge in [0.1, 0.15) is 0 Å². The van der Waals surface area contributed by atoms with Gasteiger partial charge in [0.15, 0.2) is 0 Å². The van der Waals surface area contributed by atoms with E-state index in [1.165, 1.54) is 19.3 Å². The molecule has 0 unspecified atom stereocenters. The Bertz CT molecular complexity index is 408. The summed E-state index contributed by atoms with van der Waals surface area (Å²) in [4.78, 5) is 20.7. The van der Waals surface area contributed by atoms with Crippen LogP contribution in [0.15, 0.2) is 24.5 Å². The summed E-state index contributed by atoms with van der Waals surface area (Å²) in [6.45, 7) is 3.75. The van der Waals surface area contributed by atoms with Gasteiger partial charge in [-0.2, -0.15) is 0 Å². The molecule has 1 saturated carbocycles. The van der Waals surface area contributed by atoms with Gasteiger partial charge in [-0.15, -0.1) is 0 Å². The van der Waals surface area contributed by atoms with Crippen LogP contribution in [0.25, 0.3) is 0 Å². The van der Waals surface area contributed by atoms with Crippen LogP contribution in [0.4, 0.5) is 0 Å². The molecule has 1 aromatic heterocycles. The molecule has 1 aromatic rings. The van der Waals surface area contributed by atoms with Crippen molar-refractivity contribution in [1.29, 1.82) is 0 Å². The molecule has 2 aliphatic rings. The molecule has 2 fully saturated rings. The fraction of sp³-hybridized carbons (Fsp3) is 0.571. The average molecular weight is 245 g/mol. The molecule has 0 bridgehead atoms. The van der Waals surface area contributed by atoms with Gasteiger partial charge in [0.2, 0.25) is 0 Å². The molecule has 4 heteroatoms. The second kappa shape index (κ2) is 5.06. The minimum atomic E-state index is 0.122. The molecule has 0 atom stereocenters. The van der Waals surface area contributed by atoms with Gasteiger partial charge in [-0.05, 0) is 25.0 Å². The average Bonchev–Trinajstić information content (AvgIpc) is 2.38. The Balaban J connectivity index is 1.57. The molecule has 3 rings (SSSR count). The van der Waals surface area contributed by atoms with Crippen LogP contribution in [0.2, 0.25) is 0 Å². The summed E-state index contributed by atoms with van der Waals surface area (Å²) in [6.07, 6.45) is 7.42. The van der Waals surface area contributed by atoms with Crippen molar-refractivity contribution in [3.05, 3.63) is 30.1 Å². The number of pyridine rings is 1. The third kappa shape index (κ3) is 2.25. The molecule has 1 aliphatic carbocycles. The second-order valence-corrected chi connectivity index (χ2v) is 5.15. The van der Waals surface area contributed by atoms with E-state index >= 15 is 0 Å². The fourth-order valence-corrected chi connectivity index (χ4v) is 2.71. The maximum absolute atomic E-state index is 12.2. The lowest BCUT2D eigenvalue weighted by molar-refractivity contribution is 0.0455. The van der Waals surface area contributed by atoms with Crippen LogP contribution in [0.3, 0.4) is 0 Å². The maximum Gasteiger partial charge on any atom is 0.255 e. The van der Waals surface area contributed by atoms with Gasteiger partial charge < -0.3 is 4.90 Å². The molecule has 0 radical (unpaired) electrons. The zero-order chi connectivity index (χ0) is 12.4. The summed E-state index contributed by atoms with van der Waals surface area (Å²) in [6, 6.07) is 4.45. The van der Waals surface area contributed by atoms with Crippen LogP contribution in [0.1, 0.15) is 29.6 Å². The molecule has 0 spiro atoms. The smallest absolute Gasteiger partial charge is 0.255 e. The van der Waals surface area contributed by atoms with Crippen molar-refractivity contribution in [2.75, 3.05) is 26.2 Å². The van der Waals surface area contributed by atoms with Crippen molar-refractivity contribution < 1.29 is 4.79 Å². The quantitative estimate of drug-likeness (QED) is 0.790. The first kappa shape index (κ1) is 11.7. The van der Waals surface area contributed by atoms with Gasteiger partial charge >= 0.3 is 0 Å². The monoisotopic (exact) mass is 245 g/mol. The lowest BCUT2D eigenvalue weighted by atomic mass is 9.91. The van der Waals surface area contributed by atoms with Gasteiger partial charge in [0.25, 0.3) is 5.91 Å². The van der Waals surface area contributed by atoms with E-state index in [1.54, 1.807) is 12.4 Å². The van der Waals surface area contributed by atoms with Gasteiger partial charge in [-0.3, -0.25) is 14.7 Å². The Morgan fingerprint density at radius 3 is 2.56 bits per heavy atom. The SMILES string of the molecule is O=C(c1cccnc1)N1CCN(C2CCC2)CC1. The Morgan fingerprint density at radius 2 is 2.00 bits per heavy atom. The number of nitrogens with zero attached hydrogens (tertiary/aromatic N) is 3. The first-order valence-corrected chi connectivity index (χ1v) is 6.78. The molecular weight excluding hydrogens is 226 g/mol.